The second-order valence-corrected chi connectivity index (χ2v) is 3.43. The third kappa shape index (κ3) is 1.30. The largest absolute Gasteiger partial charge is 0.445 e. The van der Waals surface area contributed by atoms with E-state index in [-0.39, 0.29) is 0 Å². The lowest BCUT2D eigenvalue weighted by atomic mass is 10.2. The lowest BCUT2D eigenvalue weighted by molar-refractivity contribution is 0.502. The number of aromatic nitrogens is 3. The van der Waals surface area contributed by atoms with Crippen LogP contribution in [-0.4, -0.2) is 15.0 Å². The van der Waals surface area contributed by atoms with Gasteiger partial charge in [-0.1, -0.05) is 6.07 Å². The standard InChI is InChI=1S/C11H9N3O/c1-8-4-5-9-10(7-8)13-14(12-9)11-3-2-6-15-11/h2-7H,1H3. The molecular formula is C11H9N3O. The SMILES string of the molecule is Cc1ccc2nn(-c3ccco3)nc2c1. The number of furan rings is 1. The summed E-state index contributed by atoms with van der Waals surface area (Å²) in [6, 6.07) is 9.61. The number of rotatable bonds is 1. The number of nitrogens with zero attached hydrogens (tertiary/aromatic N) is 3. The van der Waals surface area contributed by atoms with Crippen molar-refractivity contribution in [1.82, 2.24) is 15.0 Å². The average molecular weight is 199 g/mol. The van der Waals surface area contributed by atoms with E-state index in [0.29, 0.717) is 5.88 Å². The van der Waals surface area contributed by atoms with Crippen LogP contribution in [0.4, 0.5) is 0 Å². The second kappa shape index (κ2) is 2.95. The van der Waals surface area contributed by atoms with Gasteiger partial charge in [0.05, 0.1) is 6.26 Å². The minimum atomic E-state index is 0.629. The number of aryl methyl sites for hydroxylation is 1. The minimum absolute atomic E-state index is 0.629. The van der Waals surface area contributed by atoms with E-state index in [2.05, 4.69) is 10.2 Å². The molecule has 0 bridgehead atoms. The molecule has 3 rings (SSSR count). The summed E-state index contributed by atoms with van der Waals surface area (Å²) in [6.07, 6.45) is 1.61. The third-order valence-corrected chi connectivity index (χ3v) is 2.24. The molecule has 3 aromatic rings. The van der Waals surface area contributed by atoms with E-state index in [1.165, 1.54) is 10.4 Å². The highest BCUT2D eigenvalue weighted by Gasteiger charge is 2.05. The number of hydrogen-bond donors (Lipinski definition) is 0. The maximum Gasteiger partial charge on any atom is 0.238 e. The van der Waals surface area contributed by atoms with Crippen molar-refractivity contribution < 1.29 is 4.42 Å². The summed E-state index contributed by atoms with van der Waals surface area (Å²) >= 11 is 0. The van der Waals surface area contributed by atoms with Gasteiger partial charge in [-0.2, -0.15) is 0 Å². The van der Waals surface area contributed by atoms with E-state index in [0.717, 1.165) is 11.0 Å². The van der Waals surface area contributed by atoms with Gasteiger partial charge in [0, 0.05) is 6.07 Å². The molecule has 0 atom stereocenters. The lowest BCUT2D eigenvalue weighted by Crippen LogP contribution is -1.95. The second-order valence-electron chi connectivity index (χ2n) is 3.43. The molecule has 0 N–H and O–H groups in total. The maximum absolute atomic E-state index is 5.22. The summed E-state index contributed by atoms with van der Waals surface area (Å²) < 4.78 is 5.22. The number of fused-ring (bicyclic) bond motifs is 1. The first kappa shape index (κ1) is 8.23. The topological polar surface area (TPSA) is 43.9 Å². The normalized spacial score (nSPS) is 11.0. The van der Waals surface area contributed by atoms with Crippen LogP contribution < -0.4 is 0 Å². The Kier molecular flexibility index (Phi) is 1.62. The zero-order chi connectivity index (χ0) is 10.3. The molecule has 0 spiro atoms. The number of benzene rings is 1. The predicted molar refractivity (Wildman–Crippen MR) is 55.9 cm³/mol. The van der Waals surface area contributed by atoms with Crippen LogP contribution >= 0.6 is 0 Å². The van der Waals surface area contributed by atoms with Crippen LogP contribution in [0.5, 0.6) is 0 Å². The fraction of sp³-hybridized carbons (Fsp3) is 0.0909. The molecule has 0 saturated heterocycles. The Balaban J connectivity index is 2.22. The molecule has 0 radical (unpaired) electrons. The molecule has 0 aliphatic heterocycles. The molecule has 0 amide bonds. The van der Waals surface area contributed by atoms with Crippen molar-refractivity contribution in [3.05, 3.63) is 42.2 Å². The van der Waals surface area contributed by atoms with Gasteiger partial charge in [0.15, 0.2) is 0 Å². The van der Waals surface area contributed by atoms with Gasteiger partial charge in [-0.05, 0) is 30.7 Å². The van der Waals surface area contributed by atoms with Crippen LogP contribution in [0.2, 0.25) is 0 Å². The average Bonchev–Trinajstić information content (AvgIpc) is 2.84. The predicted octanol–water partition coefficient (Wildman–Crippen LogP) is 2.32. The summed E-state index contributed by atoms with van der Waals surface area (Å²) in [5.41, 5.74) is 2.93. The molecule has 4 nitrogen and oxygen atoms in total. The molecule has 15 heavy (non-hydrogen) atoms. The maximum atomic E-state index is 5.22. The summed E-state index contributed by atoms with van der Waals surface area (Å²) in [5.74, 6) is 0.629. The molecule has 0 aliphatic rings. The highest BCUT2D eigenvalue weighted by Crippen LogP contribution is 2.13. The van der Waals surface area contributed by atoms with E-state index in [4.69, 9.17) is 4.42 Å². The Bertz CT molecular complexity index is 595. The molecule has 1 aromatic carbocycles. The molecule has 2 aromatic heterocycles. The van der Waals surface area contributed by atoms with Gasteiger partial charge >= 0.3 is 0 Å². The van der Waals surface area contributed by atoms with Crippen molar-refractivity contribution in [1.29, 1.82) is 0 Å². The van der Waals surface area contributed by atoms with E-state index >= 15 is 0 Å². The third-order valence-electron chi connectivity index (χ3n) is 2.24. The van der Waals surface area contributed by atoms with Crippen LogP contribution in [0.1, 0.15) is 5.56 Å². The Morgan fingerprint density at radius 2 is 2.00 bits per heavy atom. The monoisotopic (exact) mass is 199 g/mol. The van der Waals surface area contributed by atoms with Crippen LogP contribution in [0.3, 0.4) is 0 Å². The minimum Gasteiger partial charge on any atom is -0.445 e. The van der Waals surface area contributed by atoms with Crippen LogP contribution in [-0.2, 0) is 0 Å². The molecular weight excluding hydrogens is 190 g/mol. The van der Waals surface area contributed by atoms with Crippen molar-refractivity contribution >= 4 is 11.0 Å². The van der Waals surface area contributed by atoms with E-state index in [9.17, 15) is 0 Å². The van der Waals surface area contributed by atoms with Crippen molar-refractivity contribution in [3.8, 4) is 5.88 Å². The number of hydrogen-bond acceptors (Lipinski definition) is 3. The molecule has 0 unspecified atom stereocenters. The highest BCUT2D eigenvalue weighted by atomic mass is 16.3. The summed E-state index contributed by atoms with van der Waals surface area (Å²) in [4.78, 5) is 1.50. The zero-order valence-corrected chi connectivity index (χ0v) is 8.21. The lowest BCUT2D eigenvalue weighted by Gasteiger charge is -1.89. The molecule has 2 heterocycles. The van der Waals surface area contributed by atoms with Gasteiger partial charge in [-0.3, -0.25) is 0 Å². The summed E-state index contributed by atoms with van der Waals surface area (Å²) in [7, 11) is 0. The Hall–Kier alpha value is -2.10. The molecule has 4 heteroatoms. The van der Waals surface area contributed by atoms with Crippen molar-refractivity contribution in [3.63, 3.8) is 0 Å². The molecule has 0 saturated carbocycles. The van der Waals surface area contributed by atoms with Gasteiger partial charge in [0.1, 0.15) is 11.0 Å². The quantitative estimate of drug-likeness (QED) is 0.604. The van der Waals surface area contributed by atoms with Gasteiger partial charge < -0.3 is 4.42 Å². The first-order valence-corrected chi connectivity index (χ1v) is 4.70. The highest BCUT2D eigenvalue weighted by molar-refractivity contribution is 5.74. The van der Waals surface area contributed by atoms with Gasteiger partial charge in [-0.25, -0.2) is 0 Å². The van der Waals surface area contributed by atoms with E-state index in [1.54, 1.807) is 6.26 Å². The van der Waals surface area contributed by atoms with Gasteiger partial charge in [-0.15, -0.1) is 15.0 Å². The van der Waals surface area contributed by atoms with Crippen molar-refractivity contribution in [2.45, 2.75) is 6.92 Å². The van der Waals surface area contributed by atoms with E-state index < -0.39 is 0 Å². The van der Waals surface area contributed by atoms with E-state index in [1.807, 2.05) is 37.3 Å². The zero-order valence-electron chi connectivity index (χ0n) is 8.21. The smallest absolute Gasteiger partial charge is 0.238 e. The van der Waals surface area contributed by atoms with Gasteiger partial charge in [0.2, 0.25) is 5.88 Å². The van der Waals surface area contributed by atoms with Crippen LogP contribution in [0.15, 0.2) is 41.0 Å². The van der Waals surface area contributed by atoms with Crippen LogP contribution in [0, 0.1) is 6.92 Å². The fourth-order valence-electron chi connectivity index (χ4n) is 1.51. The Morgan fingerprint density at radius 3 is 2.80 bits per heavy atom. The molecule has 74 valence electrons. The Morgan fingerprint density at radius 1 is 1.13 bits per heavy atom. The van der Waals surface area contributed by atoms with Crippen molar-refractivity contribution in [2.75, 3.05) is 0 Å². The van der Waals surface area contributed by atoms with Crippen molar-refractivity contribution in [2.24, 2.45) is 0 Å². The first-order chi connectivity index (χ1) is 7.33. The summed E-state index contributed by atoms with van der Waals surface area (Å²) in [5, 5.41) is 8.64. The molecule has 0 fully saturated rings. The molecule has 0 aliphatic carbocycles. The van der Waals surface area contributed by atoms with Gasteiger partial charge in [0.25, 0.3) is 0 Å². The fourth-order valence-corrected chi connectivity index (χ4v) is 1.51. The first-order valence-electron chi connectivity index (χ1n) is 4.70. The summed E-state index contributed by atoms with van der Waals surface area (Å²) in [6.45, 7) is 2.03. The Labute approximate surface area is 86.1 Å². The van der Waals surface area contributed by atoms with Crippen LogP contribution in [0.25, 0.3) is 16.9 Å².